The molecule has 2 fully saturated rings. The molecule has 0 radical (unpaired) electrons. The number of carbonyl (C=O) groups excluding carboxylic acids is 3. The average Bonchev–Trinajstić information content (AvgIpc) is 3.11. The van der Waals surface area contributed by atoms with Crippen molar-refractivity contribution in [3.8, 4) is 0 Å². The highest BCUT2D eigenvalue weighted by Crippen LogP contribution is 2.25. The van der Waals surface area contributed by atoms with E-state index < -0.39 is 0 Å². The van der Waals surface area contributed by atoms with Gasteiger partial charge in [-0.1, -0.05) is 12.1 Å². The molecule has 0 bridgehead atoms. The van der Waals surface area contributed by atoms with Gasteiger partial charge in [0, 0.05) is 44.2 Å². The van der Waals surface area contributed by atoms with Gasteiger partial charge in [-0.15, -0.1) is 0 Å². The normalized spacial score (nSPS) is 23.6. The SMILES string of the molecule is CC(C)NC(=O)NC1CC2C(=O)NCC(CCC(=O)NCc3ccc(F)cc3)N2C1. The zero-order valence-electron chi connectivity index (χ0n) is 17.4. The zero-order valence-corrected chi connectivity index (χ0v) is 17.4. The summed E-state index contributed by atoms with van der Waals surface area (Å²) in [7, 11) is 0. The Morgan fingerprint density at radius 3 is 2.70 bits per heavy atom. The minimum Gasteiger partial charge on any atom is -0.353 e. The van der Waals surface area contributed by atoms with Gasteiger partial charge in [-0.2, -0.15) is 0 Å². The smallest absolute Gasteiger partial charge is 0.315 e. The van der Waals surface area contributed by atoms with Gasteiger partial charge in [-0.25, -0.2) is 9.18 Å². The molecule has 9 heteroatoms. The summed E-state index contributed by atoms with van der Waals surface area (Å²) in [6.45, 7) is 5.21. The van der Waals surface area contributed by atoms with Crippen LogP contribution in [0.15, 0.2) is 24.3 Å². The number of piperazine rings is 1. The van der Waals surface area contributed by atoms with Gasteiger partial charge in [0.2, 0.25) is 11.8 Å². The average molecular weight is 420 g/mol. The Morgan fingerprint density at radius 1 is 1.27 bits per heavy atom. The standard InChI is InChI=1S/C21H30FN5O3/c1-13(2)25-21(30)26-16-9-18-20(29)24-11-17(27(18)12-16)7-8-19(28)23-10-14-3-5-15(22)6-4-14/h3-6,13,16-18H,7-12H2,1-2H3,(H,23,28)(H,24,29)(H2,25,26,30). The molecule has 3 atom stereocenters. The van der Waals surface area contributed by atoms with E-state index in [1.165, 1.54) is 12.1 Å². The lowest BCUT2D eigenvalue weighted by atomic mass is 10.0. The molecule has 164 valence electrons. The Labute approximate surface area is 176 Å². The van der Waals surface area contributed by atoms with Gasteiger partial charge in [0.15, 0.2) is 0 Å². The van der Waals surface area contributed by atoms with Gasteiger partial charge in [0.05, 0.1) is 6.04 Å². The summed E-state index contributed by atoms with van der Waals surface area (Å²) in [5.74, 6) is -0.419. The number of nitrogens with one attached hydrogen (secondary N) is 4. The fraction of sp³-hybridized carbons (Fsp3) is 0.571. The number of hydrogen-bond acceptors (Lipinski definition) is 4. The van der Waals surface area contributed by atoms with Crippen LogP contribution in [0.4, 0.5) is 9.18 Å². The Hall–Kier alpha value is -2.68. The number of rotatable bonds is 7. The molecule has 4 amide bonds. The number of benzene rings is 1. The highest BCUT2D eigenvalue weighted by molar-refractivity contribution is 5.83. The van der Waals surface area contributed by atoms with Crippen molar-refractivity contribution in [2.75, 3.05) is 13.1 Å². The summed E-state index contributed by atoms with van der Waals surface area (Å²) < 4.78 is 13.0. The van der Waals surface area contributed by atoms with E-state index in [0.29, 0.717) is 38.9 Å². The third kappa shape index (κ3) is 5.91. The maximum atomic E-state index is 13.0. The Morgan fingerprint density at radius 2 is 2.00 bits per heavy atom. The minimum atomic E-state index is -0.306. The Kier molecular flexibility index (Phi) is 7.25. The summed E-state index contributed by atoms with van der Waals surface area (Å²) >= 11 is 0. The van der Waals surface area contributed by atoms with Crippen molar-refractivity contribution >= 4 is 17.8 Å². The molecule has 4 N–H and O–H groups in total. The summed E-state index contributed by atoms with van der Waals surface area (Å²) in [4.78, 5) is 38.6. The highest BCUT2D eigenvalue weighted by Gasteiger charge is 2.43. The number of carbonyl (C=O) groups is 3. The molecule has 2 heterocycles. The molecule has 2 aliphatic rings. The van der Waals surface area contributed by atoms with Crippen molar-refractivity contribution in [2.24, 2.45) is 0 Å². The molecule has 0 aliphatic carbocycles. The van der Waals surface area contributed by atoms with Crippen LogP contribution in [0.25, 0.3) is 0 Å². The maximum absolute atomic E-state index is 13.0. The molecule has 0 aromatic heterocycles. The molecule has 2 aliphatic heterocycles. The lowest BCUT2D eigenvalue weighted by molar-refractivity contribution is -0.129. The van der Waals surface area contributed by atoms with Gasteiger partial charge in [0.25, 0.3) is 0 Å². The van der Waals surface area contributed by atoms with Crippen LogP contribution in [-0.2, 0) is 16.1 Å². The van der Waals surface area contributed by atoms with Crippen LogP contribution in [-0.4, -0.2) is 60.0 Å². The first-order valence-corrected chi connectivity index (χ1v) is 10.4. The first-order chi connectivity index (χ1) is 14.3. The van der Waals surface area contributed by atoms with Gasteiger partial charge < -0.3 is 21.3 Å². The van der Waals surface area contributed by atoms with Gasteiger partial charge >= 0.3 is 6.03 Å². The molecular weight excluding hydrogens is 389 g/mol. The third-order valence-corrected chi connectivity index (χ3v) is 5.49. The van der Waals surface area contributed by atoms with Gasteiger partial charge in [0.1, 0.15) is 5.82 Å². The molecule has 3 rings (SSSR count). The first kappa shape index (κ1) is 22.0. The molecule has 1 aromatic carbocycles. The van der Waals surface area contributed by atoms with E-state index in [0.717, 1.165) is 5.56 Å². The molecule has 3 unspecified atom stereocenters. The van der Waals surface area contributed by atoms with E-state index in [4.69, 9.17) is 0 Å². The van der Waals surface area contributed by atoms with Crippen molar-refractivity contribution in [3.05, 3.63) is 35.6 Å². The zero-order chi connectivity index (χ0) is 21.7. The van der Waals surface area contributed by atoms with E-state index in [-0.39, 0.29) is 47.8 Å². The van der Waals surface area contributed by atoms with E-state index in [2.05, 4.69) is 26.2 Å². The third-order valence-electron chi connectivity index (χ3n) is 5.49. The molecule has 0 spiro atoms. The lowest BCUT2D eigenvalue weighted by Crippen LogP contribution is -2.58. The summed E-state index contributed by atoms with van der Waals surface area (Å²) in [5, 5.41) is 11.5. The van der Waals surface area contributed by atoms with Crippen molar-refractivity contribution in [3.63, 3.8) is 0 Å². The van der Waals surface area contributed by atoms with E-state index in [1.807, 2.05) is 13.8 Å². The monoisotopic (exact) mass is 419 g/mol. The predicted molar refractivity (Wildman–Crippen MR) is 110 cm³/mol. The van der Waals surface area contributed by atoms with Crippen LogP contribution in [0.1, 0.15) is 38.7 Å². The Balaban J connectivity index is 1.47. The largest absolute Gasteiger partial charge is 0.353 e. The molecule has 8 nitrogen and oxygen atoms in total. The second-order valence-electron chi connectivity index (χ2n) is 8.26. The molecule has 30 heavy (non-hydrogen) atoms. The van der Waals surface area contributed by atoms with Crippen molar-refractivity contribution in [1.29, 1.82) is 0 Å². The van der Waals surface area contributed by atoms with Gasteiger partial charge in [-0.3, -0.25) is 14.5 Å². The van der Waals surface area contributed by atoms with E-state index in [9.17, 15) is 18.8 Å². The van der Waals surface area contributed by atoms with Crippen molar-refractivity contribution in [1.82, 2.24) is 26.2 Å². The minimum absolute atomic E-state index is 0.0272. The number of fused-ring (bicyclic) bond motifs is 1. The fourth-order valence-corrected chi connectivity index (χ4v) is 4.03. The summed E-state index contributed by atoms with van der Waals surface area (Å²) in [6, 6.07) is 5.49. The number of urea groups is 1. The van der Waals surface area contributed by atoms with Gasteiger partial charge in [-0.05, 0) is 44.4 Å². The van der Waals surface area contributed by atoms with Crippen molar-refractivity contribution in [2.45, 2.75) is 63.8 Å². The number of nitrogens with zero attached hydrogens (tertiary/aromatic N) is 1. The van der Waals surface area contributed by atoms with Crippen LogP contribution in [0, 0.1) is 5.82 Å². The maximum Gasteiger partial charge on any atom is 0.315 e. The molecule has 1 aromatic rings. The topological polar surface area (TPSA) is 103 Å². The predicted octanol–water partition coefficient (Wildman–Crippen LogP) is 0.871. The molecule has 0 saturated carbocycles. The highest BCUT2D eigenvalue weighted by atomic mass is 19.1. The van der Waals surface area contributed by atoms with Crippen molar-refractivity contribution < 1.29 is 18.8 Å². The van der Waals surface area contributed by atoms with E-state index >= 15 is 0 Å². The summed E-state index contributed by atoms with van der Waals surface area (Å²) in [5.41, 5.74) is 0.836. The van der Waals surface area contributed by atoms with Crippen LogP contribution in [0.3, 0.4) is 0 Å². The second kappa shape index (κ2) is 9.88. The quantitative estimate of drug-likeness (QED) is 0.527. The lowest BCUT2D eigenvalue weighted by Gasteiger charge is -2.37. The second-order valence-corrected chi connectivity index (χ2v) is 8.26. The summed E-state index contributed by atoms with van der Waals surface area (Å²) in [6.07, 6.45) is 1.50. The van der Waals surface area contributed by atoms with Crippen LogP contribution in [0.5, 0.6) is 0 Å². The van der Waals surface area contributed by atoms with Crippen LogP contribution in [0.2, 0.25) is 0 Å². The number of halogens is 1. The van der Waals surface area contributed by atoms with Crippen LogP contribution < -0.4 is 21.3 Å². The Bertz CT molecular complexity index is 770. The molecule has 2 saturated heterocycles. The number of hydrogen-bond donors (Lipinski definition) is 4. The first-order valence-electron chi connectivity index (χ1n) is 10.4. The molecular formula is C21H30FN5O3. The fourth-order valence-electron chi connectivity index (χ4n) is 4.03. The van der Waals surface area contributed by atoms with Crippen LogP contribution >= 0.6 is 0 Å². The number of amides is 4. The van der Waals surface area contributed by atoms with E-state index in [1.54, 1.807) is 12.1 Å².